The number of aryl methyl sites for hydroxylation is 3. The minimum atomic E-state index is 0.0827. The second kappa shape index (κ2) is 6.58. The van der Waals surface area contributed by atoms with E-state index in [2.05, 4.69) is 71.7 Å². The fraction of sp³-hybridized carbons (Fsp3) is 0.261. The van der Waals surface area contributed by atoms with E-state index in [4.69, 9.17) is 4.98 Å². The molecule has 2 aromatic carbocycles. The highest BCUT2D eigenvalue weighted by Gasteiger charge is 2.33. The van der Waals surface area contributed by atoms with Crippen molar-refractivity contribution in [1.82, 2.24) is 25.0 Å². The molecule has 0 spiro atoms. The highest BCUT2D eigenvalue weighted by atomic mass is 15.5. The predicted octanol–water partition coefficient (Wildman–Crippen LogP) is 4.38. The van der Waals surface area contributed by atoms with Gasteiger partial charge in [0.15, 0.2) is 0 Å². The number of aromatic amines is 1. The van der Waals surface area contributed by atoms with Crippen molar-refractivity contribution in [3.05, 3.63) is 77.4 Å². The summed E-state index contributed by atoms with van der Waals surface area (Å²) in [6.45, 7) is 11.4. The van der Waals surface area contributed by atoms with Crippen molar-refractivity contribution in [2.75, 3.05) is 11.4 Å². The molecule has 0 saturated carbocycles. The molecule has 145 valence electrons. The molecule has 3 heterocycles. The molecular formula is C23H23N6. The van der Waals surface area contributed by atoms with Crippen LogP contribution in [-0.2, 0) is 0 Å². The first-order valence-corrected chi connectivity index (χ1v) is 9.79. The summed E-state index contributed by atoms with van der Waals surface area (Å²) < 4.78 is 0. The van der Waals surface area contributed by atoms with Crippen molar-refractivity contribution in [3.63, 3.8) is 0 Å². The lowest BCUT2D eigenvalue weighted by atomic mass is 10.1. The fourth-order valence-corrected chi connectivity index (χ4v) is 4.15. The van der Waals surface area contributed by atoms with Crippen LogP contribution in [0.4, 0.5) is 5.69 Å². The monoisotopic (exact) mass is 383 g/mol. The molecular weight excluding hydrogens is 360 g/mol. The van der Waals surface area contributed by atoms with Crippen molar-refractivity contribution in [2.24, 2.45) is 0 Å². The minimum absolute atomic E-state index is 0.0827. The van der Waals surface area contributed by atoms with E-state index in [-0.39, 0.29) is 6.04 Å². The van der Waals surface area contributed by atoms with Gasteiger partial charge in [-0.1, -0.05) is 24.3 Å². The normalized spacial score (nSPS) is 16.9. The van der Waals surface area contributed by atoms with E-state index in [1.54, 1.807) is 17.2 Å². The zero-order valence-corrected chi connectivity index (χ0v) is 16.9. The van der Waals surface area contributed by atoms with Gasteiger partial charge in [0.25, 0.3) is 0 Å². The van der Waals surface area contributed by atoms with Gasteiger partial charge in [-0.05, 0) is 56.0 Å². The SMILES string of the molecule is C=C1C[C@@H](c2nc3cc(C)c(C)cc3[nH]2)N(c2c(-n3nccn3)[c]ccc2C)C1. The van der Waals surface area contributed by atoms with Gasteiger partial charge in [0.2, 0.25) is 0 Å². The van der Waals surface area contributed by atoms with Crippen molar-refractivity contribution in [2.45, 2.75) is 33.2 Å². The molecule has 4 aromatic rings. The maximum absolute atomic E-state index is 4.94. The minimum Gasteiger partial charge on any atom is -0.355 e. The Morgan fingerprint density at radius 3 is 2.66 bits per heavy atom. The van der Waals surface area contributed by atoms with Gasteiger partial charge in [0.05, 0.1) is 35.2 Å². The lowest BCUT2D eigenvalue weighted by Crippen LogP contribution is -2.26. The Balaban J connectivity index is 1.64. The summed E-state index contributed by atoms with van der Waals surface area (Å²) in [5, 5.41) is 8.66. The Kier molecular flexibility index (Phi) is 4.01. The highest BCUT2D eigenvalue weighted by molar-refractivity contribution is 5.77. The van der Waals surface area contributed by atoms with Gasteiger partial charge in [-0.2, -0.15) is 10.2 Å². The van der Waals surface area contributed by atoms with E-state index in [0.717, 1.165) is 46.8 Å². The Labute approximate surface area is 169 Å². The molecule has 1 aliphatic rings. The molecule has 0 aliphatic carbocycles. The summed E-state index contributed by atoms with van der Waals surface area (Å²) in [6.07, 6.45) is 4.23. The summed E-state index contributed by atoms with van der Waals surface area (Å²) in [4.78, 5) is 12.5. The lowest BCUT2D eigenvalue weighted by molar-refractivity contribution is 0.677. The number of aromatic nitrogens is 5. The zero-order valence-electron chi connectivity index (χ0n) is 16.9. The van der Waals surface area contributed by atoms with Gasteiger partial charge in [0, 0.05) is 12.6 Å². The van der Waals surface area contributed by atoms with Gasteiger partial charge in [-0.25, -0.2) is 4.98 Å². The Hall–Kier alpha value is -3.41. The van der Waals surface area contributed by atoms with Crippen molar-refractivity contribution < 1.29 is 0 Å². The van der Waals surface area contributed by atoms with Gasteiger partial charge in [0.1, 0.15) is 11.5 Å². The van der Waals surface area contributed by atoms with Crippen molar-refractivity contribution in [1.29, 1.82) is 0 Å². The summed E-state index contributed by atoms with van der Waals surface area (Å²) in [7, 11) is 0. The van der Waals surface area contributed by atoms with Crippen molar-refractivity contribution in [3.8, 4) is 5.69 Å². The molecule has 1 N–H and O–H groups in total. The van der Waals surface area contributed by atoms with E-state index >= 15 is 0 Å². The Bertz CT molecular complexity index is 1180. The maximum atomic E-state index is 4.94. The molecule has 0 bridgehead atoms. The van der Waals surface area contributed by atoms with E-state index < -0.39 is 0 Å². The summed E-state index contributed by atoms with van der Waals surface area (Å²) in [5.41, 5.74) is 8.85. The van der Waals surface area contributed by atoms with Crippen LogP contribution in [0.15, 0.2) is 48.8 Å². The third-order valence-corrected chi connectivity index (χ3v) is 5.74. The van der Waals surface area contributed by atoms with Gasteiger partial charge >= 0.3 is 0 Å². The van der Waals surface area contributed by atoms with E-state index in [1.807, 2.05) is 6.07 Å². The first kappa shape index (κ1) is 17.7. The molecule has 6 heteroatoms. The summed E-state index contributed by atoms with van der Waals surface area (Å²) in [6, 6.07) is 11.7. The molecule has 1 aliphatic heterocycles. The highest BCUT2D eigenvalue weighted by Crippen LogP contribution is 2.41. The molecule has 1 radical (unpaired) electrons. The molecule has 6 nitrogen and oxygen atoms in total. The van der Waals surface area contributed by atoms with Gasteiger partial charge in [-0.15, -0.1) is 4.80 Å². The van der Waals surface area contributed by atoms with Crippen LogP contribution in [0.1, 0.15) is 35.0 Å². The van der Waals surface area contributed by atoms with Gasteiger partial charge < -0.3 is 9.88 Å². The average molecular weight is 383 g/mol. The molecule has 2 aromatic heterocycles. The second-order valence-corrected chi connectivity index (χ2v) is 7.85. The number of benzene rings is 2. The molecule has 0 unspecified atom stereocenters. The largest absolute Gasteiger partial charge is 0.355 e. The number of fused-ring (bicyclic) bond motifs is 1. The smallest absolute Gasteiger partial charge is 0.130 e. The summed E-state index contributed by atoms with van der Waals surface area (Å²) in [5.74, 6) is 0.964. The number of nitrogens with one attached hydrogen (secondary N) is 1. The molecule has 1 saturated heterocycles. The Morgan fingerprint density at radius 1 is 1.10 bits per heavy atom. The van der Waals surface area contributed by atoms with Crippen LogP contribution in [0.2, 0.25) is 0 Å². The predicted molar refractivity (Wildman–Crippen MR) is 114 cm³/mol. The number of rotatable bonds is 3. The topological polar surface area (TPSA) is 62.6 Å². The second-order valence-electron chi connectivity index (χ2n) is 7.85. The van der Waals surface area contributed by atoms with Crippen LogP contribution in [0.3, 0.4) is 0 Å². The Morgan fingerprint density at radius 2 is 1.86 bits per heavy atom. The molecule has 0 amide bonds. The van der Waals surface area contributed by atoms with Crippen LogP contribution in [0, 0.1) is 26.8 Å². The quantitative estimate of drug-likeness (QED) is 0.534. The number of imidazole rings is 1. The van der Waals surface area contributed by atoms with Crippen LogP contribution >= 0.6 is 0 Å². The number of hydrogen-bond acceptors (Lipinski definition) is 4. The number of H-pyrrole nitrogens is 1. The van der Waals surface area contributed by atoms with E-state index in [9.17, 15) is 0 Å². The standard InChI is InChI=1S/C23H23N6/c1-14-10-21(23-26-18-11-16(3)17(4)12-19(18)27-23)28(13-14)22-15(2)6-5-7-20(22)29-24-8-9-25-29/h5-6,8-9,11-12,21H,1,10,13H2,2-4H3,(H,26,27)/t21-/m0/s1. The van der Waals surface area contributed by atoms with E-state index in [1.165, 1.54) is 16.7 Å². The molecule has 1 fully saturated rings. The number of hydrogen-bond donors (Lipinski definition) is 1. The average Bonchev–Trinajstić information content (AvgIpc) is 3.41. The zero-order chi connectivity index (χ0) is 20.1. The van der Waals surface area contributed by atoms with E-state index in [0.29, 0.717) is 0 Å². The first-order valence-electron chi connectivity index (χ1n) is 9.79. The van der Waals surface area contributed by atoms with Crippen LogP contribution < -0.4 is 4.90 Å². The van der Waals surface area contributed by atoms with Gasteiger partial charge in [-0.3, -0.25) is 0 Å². The summed E-state index contributed by atoms with van der Waals surface area (Å²) >= 11 is 0. The molecule has 29 heavy (non-hydrogen) atoms. The molecule has 1 atom stereocenters. The van der Waals surface area contributed by atoms with Crippen LogP contribution in [0.25, 0.3) is 16.7 Å². The van der Waals surface area contributed by atoms with Crippen molar-refractivity contribution >= 4 is 16.7 Å². The number of nitrogens with zero attached hydrogens (tertiary/aromatic N) is 5. The fourth-order valence-electron chi connectivity index (χ4n) is 4.15. The van der Waals surface area contributed by atoms with Crippen LogP contribution in [-0.4, -0.2) is 31.5 Å². The lowest BCUT2D eigenvalue weighted by Gasteiger charge is -2.28. The maximum Gasteiger partial charge on any atom is 0.130 e. The third kappa shape index (κ3) is 2.92. The van der Waals surface area contributed by atoms with Crippen LogP contribution in [0.5, 0.6) is 0 Å². The molecule has 5 rings (SSSR count). The first-order chi connectivity index (χ1) is 14.0. The number of anilines is 1. The third-order valence-electron chi connectivity index (χ3n) is 5.74.